The normalized spacial score (nSPS) is 14.0. The Morgan fingerprint density at radius 3 is 1.95 bits per heavy atom. The van der Waals surface area contributed by atoms with Gasteiger partial charge in [-0.3, -0.25) is 0 Å². The van der Waals surface area contributed by atoms with E-state index in [4.69, 9.17) is 4.74 Å². The molecule has 5 nitrogen and oxygen atoms in total. The molecule has 0 saturated heterocycles. The number of aliphatic carboxylic acids is 1. The quantitative estimate of drug-likeness (QED) is 0.374. The van der Waals surface area contributed by atoms with Crippen LogP contribution in [0.5, 0.6) is 0 Å². The summed E-state index contributed by atoms with van der Waals surface area (Å²) in [4.78, 5) is 24.1. The van der Waals surface area contributed by atoms with Crippen molar-refractivity contribution in [2.24, 2.45) is 0 Å². The second-order valence-corrected chi connectivity index (χ2v) is 8.43. The number of alkyl carbamates (subject to hydrolysis) is 1. The molecule has 1 unspecified atom stereocenters. The van der Waals surface area contributed by atoms with Crippen LogP contribution in [0.3, 0.4) is 0 Å². The van der Waals surface area contributed by atoms with Crippen LogP contribution in [0.15, 0.2) is 66.7 Å². The van der Waals surface area contributed by atoms with E-state index in [9.17, 15) is 41.0 Å². The maximum atomic E-state index is 13.4. The highest BCUT2D eigenvalue weighted by Crippen LogP contribution is 2.44. The molecule has 0 bridgehead atoms. The zero-order valence-corrected chi connectivity index (χ0v) is 18.9. The lowest BCUT2D eigenvalue weighted by Crippen LogP contribution is -2.43. The van der Waals surface area contributed by atoms with Crippen molar-refractivity contribution in [3.8, 4) is 11.1 Å². The van der Waals surface area contributed by atoms with Gasteiger partial charge in [-0.05, 0) is 46.0 Å². The molecule has 0 spiro atoms. The number of hydrogen-bond donors (Lipinski definition) is 2. The lowest BCUT2D eigenvalue weighted by atomic mass is 9.97. The summed E-state index contributed by atoms with van der Waals surface area (Å²) in [6, 6.07) is 13.6. The molecule has 0 heterocycles. The summed E-state index contributed by atoms with van der Waals surface area (Å²) in [5.41, 5.74) is -0.0785. The molecule has 0 fully saturated rings. The van der Waals surface area contributed by atoms with Crippen LogP contribution in [0.25, 0.3) is 11.1 Å². The summed E-state index contributed by atoms with van der Waals surface area (Å²) in [5, 5.41) is 11.4. The van der Waals surface area contributed by atoms with Crippen molar-refractivity contribution >= 4 is 12.1 Å². The first-order valence-electron chi connectivity index (χ1n) is 11.0. The van der Waals surface area contributed by atoms with Gasteiger partial charge in [-0.25, -0.2) is 9.59 Å². The van der Waals surface area contributed by atoms with E-state index in [0.29, 0.717) is 0 Å². The third kappa shape index (κ3) is 5.55. The molecule has 0 radical (unpaired) electrons. The van der Waals surface area contributed by atoms with E-state index in [0.717, 1.165) is 22.3 Å². The van der Waals surface area contributed by atoms with Gasteiger partial charge >= 0.3 is 24.4 Å². The predicted molar refractivity (Wildman–Crippen MR) is 120 cm³/mol. The summed E-state index contributed by atoms with van der Waals surface area (Å²) in [5.74, 6) is -2.10. The number of fused-ring (bicyclic) bond motifs is 3. The Bertz CT molecular complexity index is 1290. The van der Waals surface area contributed by atoms with Gasteiger partial charge in [0.25, 0.3) is 0 Å². The maximum Gasteiger partial charge on any atom is 0.416 e. The lowest BCUT2D eigenvalue weighted by molar-refractivity contribution is -0.142. The summed E-state index contributed by atoms with van der Waals surface area (Å²) < 4.78 is 84.6. The Hall–Kier alpha value is -4.02. The number of ether oxygens (including phenoxy) is 1. The molecular weight excluding hydrogens is 504 g/mol. The molecule has 3 aromatic carbocycles. The van der Waals surface area contributed by atoms with E-state index in [1.807, 2.05) is 53.8 Å². The van der Waals surface area contributed by atoms with Crippen molar-refractivity contribution in [3.63, 3.8) is 0 Å². The van der Waals surface area contributed by atoms with Gasteiger partial charge in [0.2, 0.25) is 0 Å². The highest BCUT2D eigenvalue weighted by atomic mass is 19.4. The largest absolute Gasteiger partial charge is 0.480 e. The smallest absolute Gasteiger partial charge is 0.416 e. The highest BCUT2D eigenvalue weighted by molar-refractivity contribution is 5.81. The van der Waals surface area contributed by atoms with Crippen LogP contribution in [0.1, 0.15) is 33.7 Å². The van der Waals surface area contributed by atoms with E-state index < -0.39 is 53.6 Å². The number of carbonyl (C=O) groups is 2. The molecule has 1 aliphatic carbocycles. The fourth-order valence-electron chi connectivity index (χ4n) is 4.42. The minimum atomic E-state index is -5.04. The van der Waals surface area contributed by atoms with Gasteiger partial charge in [0.1, 0.15) is 12.6 Å². The standard InChI is InChI=1S/C26H19F6NO4/c27-25(28,29)15-9-10-21(26(30,31)32)14(11-15)12-22(23(34)35)33-24(36)37-13-20-18-7-3-1-5-16(18)17-6-2-4-8-19(17)20/h1-11,20,22H,12-13H2,(H,33,36)(H,34,35). The van der Waals surface area contributed by atoms with Crippen molar-refractivity contribution < 1.29 is 45.8 Å². The molecule has 2 N–H and O–H groups in total. The van der Waals surface area contributed by atoms with Gasteiger partial charge in [0.05, 0.1) is 11.1 Å². The Kier molecular flexibility index (Phi) is 6.90. The van der Waals surface area contributed by atoms with Gasteiger partial charge in [0.15, 0.2) is 0 Å². The second kappa shape index (κ2) is 9.79. The lowest BCUT2D eigenvalue weighted by Gasteiger charge is -2.20. The molecule has 1 amide bonds. The fraction of sp³-hybridized carbons (Fsp3) is 0.231. The summed E-state index contributed by atoms with van der Waals surface area (Å²) in [6.07, 6.45) is -12.3. The molecule has 1 aliphatic rings. The number of carboxylic acids is 1. The number of rotatable bonds is 6. The van der Waals surface area contributed by atoms with Crippen molar-refractivity contribution in [2.75, 3.05) is 6.61 Å². The minimum Gasteiger partial charge on any atom is -0.480 e. The van der Waals surface area contributed by atoms with Gasteiger partial charge < -0.3 is 15.2 Å². The molecule has 11 heteroatoms. The average molecular weight is 523 g/mol. The van der Waals surface area contributed by atoms with E-state index in [1.54, 1.807) is 0 Å². The molecule has 1 atom stereocenters. The van der Waals surface area contributed by atoms with Gasteiger partial charge in [-0.2, -0.15) is 26.3 Å². The highest BCUT2D eigenvalue weighted by Gasteiger charge is 2.38. The molecule has 37 heavy (non-hydrogen) atoms. The van der Waals surface area contributed by atoms with Crippen LogP contribution in [-0.4, -0.2) is 29.8 Å². The number of benzene rings is 3. The van der Waals surface area contributed by atoms with Crippen LogP contribution < -0.4 is 5.32 Å². The SMILES string of the molecule is O=C(NC(Cc1cc(C(F)(F)F)ccc1C(F)(F)F)C(=O)O)OCC1c2ccccc2-c2ccccc21. The summed E-state index contributed by atoms with van der Waals surface area (Å²) >= 11 is 0. The van der Waals surface area contributed by atoms with E-state index in [1.165, 1.54) is 0 Å². The molecule has 3 aromatic rings. The summed E-state index contributed by atoms with van der Waals surface area (Å²) in [7, 11) is 0. The van der Waals surface area contributed by atoms with Crippen molar-refractivity contribution in [1.29, 1.82) is 0 Å². The van der Waals surface area contributed by atoms with Crippen LogP contribution in [0.2, 0.25) is 0 Å². The molecule has 0 saturated carbocycles. The number of halogens is 6. The second-order valence-electron chi connectivity index (χ2n) is 8.43. The van der Waals surface area contributed by atoms with E-state index >= 15 is 0 Å². The number of alkyl halides is 6. The van der Waals surface area contributed by atoms with E-state index in [-0.39, 0.29) is 30.7 Å². The van der Waals surface area contributed by atoms with Crippen LogP contribution >= 0.6 is 0 Å². The molecular formula is C26H19F6NO4. The Labute approximate surface area is 206 Å². The van der Waals surface area contributed by atoms with E-state index in [2.05, 4.69) is 0 Å². The first-order valence-corrected chi connectivity index (χ1v) is 11.0. The minimum absolute atomic E-state index is 0.191. The van der Waals surface area contributed by atoms with Crippen LogP contribution in [0.4, 0.5) is 31.1 Å². The third-order valence-corrected chi connectivity index (χ3v) is 6.10. The van der Waals surface area contributed by atoms with Crippen molar-refractivity contribution in [2.45, 2.75) is 30.7 Å². The summed E-state index contributed by atoms with van der Waals surface area (Å²) in [6.45, 7) is -0.191. The first-order chi connectivity index (χ1) is 17.4. The Morgan fingerprint density at radius 2 is 1.43 bits per heavy atom. The Balaban J connectivity index is 1.51. The maximum absolute atomic E-state index is 13.4. The number of nitrogens with one attached hydrogen (secondary N) is 1. The zero-order valence-electron chi connectivity index (χ0n) is 18.9. The molecule has 0 aromatic heterocycles. The fourth-order valence-corrected chi connectivity index (χ4v) is 4.42. The monoisotopic (exact) mass is 523 g/mol. The predicted octanol–water partition coefficient (Wildman–Crippen LogP) is 6.26. The van der Waals surface area contributed by atoms with Gasteiger partial charge in [-0.1, -0.05) is 48.5 Å². The average Bonchev–Trinajstić information content (AvgIpc) is 3.14. The number of hydrogen-bond acceptors (Lipinski definition) is 3. The topological polar surface area (TPSA) is 75.6 Å². The molecule has 0 aliphatic heterocycles. The first kappa shape index (κ1) is 26.1. The van der Waals surface area contributed by atoms with Gasteiger partial charge in [-0.15, -0.1) is 0 Å². The zero-order chi connectivity index (χ0) is 27.0. The number of amides is 1. The Morgan fingerprint density at radius 1 is 0.865 bits per heavy atom. The van der Waals surface area contributed by atoms with Crippen LogP contribution in [-0.2, 0) is 28.3 Å². The van der Waals surface area contributed by atoms with Gasteiger partial charge in [0, 0.05) is 12.3 Å². The molecule has 4 rings (SSSR count). The van der Waals surface area contributed by atoms with Crippen LogP contribution in [0, 0.1) is 0 Å². The number of carboxylic acid groups (broad SMARTS) is 1. The van der Waals surface area contributed by atoms with Crippen molar-refractivity contribution in [1.82, 2.24) is 5.32 Å². The number of carbonyl (C=O) groups excluding carboxylic acids is 1. The molecule has 194 valence electrons. The third-order valence-electron chi connectivity index (χ3n) is 6.10. The van der Waals surface area contributed by atoms with Crippen molar-refractivity contribution in [3.05, 3.63) is 94.5 Å².